The third-order valence-corrected chi connectivity index (χ3v) is 4.98. The lowest BCUT2D eigenvalue weighted by atomic mass is 9.73. The van der Waals surface area contributed by atoms with Crippen molar-refractivity contribution in [2.75, 3.05) is 20.7 Å². The molecule has 1 heterocycles. The maximum absolute atomic E-state index is 5.94. The Labute approximate surface area is 112 Å². The van der Waals surface area contributed by atoms with Gasteiger partial charge in [-0.1, -0.05) is 11.6 Å². The molecular formula is C12H19ClN2OS. The smallest absolute Gasteiger partial charge is 0.0931 e. The predicted octanol–water partition coefficient (Wildman–Crippen LogP) is 2.34. The summed E-state index contributed by atoms with van der Waals surface area (Å²) in [6, 6.07) is 4.03. The first-order chi connectivity index (χ1) is 8.09. The van der Waals surface area contributed by atoms with Gasteiger partial charge in [-0.3, -0.25) is 4.90 Å². The Balaban J connectivity index is 1.97. The van der Waals surface area contributed by atoms with Gasteiger partial charge in [-0.2, -0.15) is 0 Å². The van der Waals surface area contributed by atoms with E-state index in [1.165, 1.54) is 4.88 Å². The van der Waals surface area contributed by atoms with Gasteiger partial charge in [0.1, 0.15) is 0 Å². The number of hydrogen-bond acceptors (Lipinski definition) is 4. The predicted molar refractivity (Wildman–Crippen MR) is 72.6 cm³/mol. The third kappa shape index (κ3) is 2.66. The second kappa shape index (κ2) is 5.24. The zero-order valence-electron chi connectivity index (χ0n) is 10.3. The first-order valence-electron chi connectivity index (χ1n) is 5.78. The Morgan fingerprint density at radius 3 is 2.76 bits per heavy atom. The molecule has 0 bridgehead atoms. The highest BCUT2D eigenvalue weighted by Gasteiger charge is 2.46. The molecule has 96 valence electrons. The summed E-state index contributed by atoms with van der Waals surface area (Å²) in [5.41, 5.74) is 6.03. The minimum absolute atomic E-state index is 0.108. The average molecular weight is 275 g/mol. The van der Waals surface area contributed by atoms with Gasteiger partial charge in [-0.15, -0.1) is 11.3 Å². The number of hydrogen-bond donors (Lipinski definition) is 1. The third-order valence-electron chi connectivity index (χ3n) is 3.76. The molecule has 2 N–H and O–H groups in total. The first-order valence-corrected chi connectivity index (χ1v) is 6.97. The molecule has 1 saturated carbocycles. The minimum atomic E-state index is 0.108. The van der Waals surface area contributed by atoms with Gasteiger partial charge in [0.15, 0.2) is 0 Å². The normalized spacial score (nSPS) is 28.4. The molecule has 0 aliphatic heterocycles. The van der Waals surface area contributed by atoms with Crippen LogP contribution in [-0.4, -0.2) is 37.2 Å². The highest BCUT2D eigenvalue weighted by Crippen LogP contribution is 2.39. The lowest BCUT2D eigenvalue weighted by molar-refractivity contribution is -0.0808. The summed E-state index contributed by atoms with van der Waals surface area (Å²) in [4.78, 5) is 3.62. The van der Waals surface area contributed by atoms with Crippen molar-refractivity contribution in [1.29, 1.82) is 0 Å². The highest BCUT2D eigenvalue weighted by atomic mass is 35.5. The molecule has 1 aliphatic rings. The van der Waals surface area contributed by atoms with Crippen molar-refractivity contribution in [3.63, 3.8) is 0 Å². The van der Waals surface area contributed by atoms with Crippen LogP contribution in [0.15, 0.2) is 12.1 Å². The Hall–Kier alpha value is -0.130. The van der Waals surface area contributed by atoms with E-state index in [1.54, 1.807) is 18.4 Å². The van der Waals surface area contributed by atoms with Crippen LogP contribution in [0.25, 0.3) is 0 Å². The number of ether oxygens (including phenoxy) is 1. The molecule has 1 aliphatic carbocycles. The standard InChI is InChI=1S/C12H19ClN2OS/c1-15(7-10-3-4-11(13)17-10)12(8-14)5-9(6-12)16-2/h3-4,9H,5-8,14H2,1-2H3. The number of rotatable bonds is 5. The summed E-state index contributed by atoms with van der Waals surface area (Å²) in [6.07, 6.45) is 2.42. The van der Waals surface area contributed by atoms with E-state index in [1.807, 2.05) is 6.07 Å². The molecule has 17 heavy (non-hydrogen) atoms. The Morgan fingerprint density at radius 1 is 1.59 bits per heavy atom. The maximum Gasteiger partial charge on any atom is 0.0931 e. The quantitative estimate of drug-likeness (QED) is 0.896. The van der Waals surface area contributed by atoms with E-state index in [0.29, 0.717) is 12.6 Å². The molecule has 1 aromatic rings. The van der Waals surface area contributed by atoms with Crippen LogP contribution in [0.1, 0.15) is 17.7 Å². The number of methoxy groups -OCH3 is 1. The SMILES string of the molecule is COC1CC(CN)(N(C)Cc2ccc(Cl)s2)C1. The van der Waals surface area contributed by atoms with E-state index in [-0.39, 0.29) is 5.54 Å². The van der Waals surface area contributed by atoms with Crippen molar-refractivity contribution in [2.24, 2.45) is 5.73 Å². The lowest BCUT2D eigenvalue weighted by Gasteiger charge is -2.52. The van der Waals surface area contributed by atoms with Crippen LogP contribution < -0.4 is 5.73 Å². The molecule has 0 saturated heterocycles. The van der Waals surface area contributed by atoms with Crippen LogP contribution in [-0.2, 0) is 11.3 Å². The minimum Gasteiger partial charge on any atom is -0.381 e. The van der Waals surface area contributed by atoms with Gasteiger partial charge in [0, 0.05) is 30.6 Å². The van der Waals surface area contributed by atoms with Crippen LogP contribution >= 0.6 is 22.9 Å². The van der Waals surface area contributed by atoms with E-state index in [4.69, 9.17) is 22.1 Å². The largest absolute Gasteiger partial charge is 0.381 e. The zero-order chi connectivity index (χ0) is 12.5. The summed E-state index contributed by atoms with van der Waals surface area (Å²) in [5, 5.41) is 0. The highest BCUT2D eigenvalue weighted by molar-refractivity contribution is 7.16. The van der Waals surface area contributed by atoms with E-state index in [2.05, 4.69) is 18.0 Å². The summed E-state index contributed by atoms with van der Waals surface area (Å²) < 4.78 is 6.19. The molecule has 0 radical (unpaired) electrons. The molecule has 0 unspecified atom stereocenters. The molecule has 2 rings (SSSR count). The van der Waals surface area contributed by atoms with Crippen LogP contribution in [0.3, 0.4) is 0 Å². The number of nitrogens with two attached hydrogens (primary N) is 1. The van der Waals surface area contributed by atoms with Crippen LogP contribution in [0, 0.1) is 0 Å². The topological polar surface area (TPSA) is 38.5 Å². The van der Waals surface area contributed by atoms with E-state index >= 15 is 0 Å². The van der Waals surface area contributed by atoms with Crippen LogP contribution in [0.5, 0.6) is 0 Å². The van der Waals surface area contributed by atoms with Crippen molar-refractivity contribution in [2.45, 2.75) is 31.0 Å². The molecule has 0 spiro atoms. The van der Waals surface area contributed by atoms with Crippen molar-refractivity contribution in [3.8, 4) is 0 Å². The fraction of sp³-hybridized carbons (Fsp3) is 0.667. The van der Waals surface area contributed by atoms with Gasteiger partial charge in [0.05, 0.1) is 10.4 Å². The van der Waals surface area contributed by atoms with E-state index in [9.17, 15) is 0 Å². The monoisotopic (exact) mass is 274 g/mol. The average Bonchev–Trinajstić information content (AvgIpc) is 2.64. The van der Waals surface area contributed by atoms with Crippen LogP contribution in [0.2, 0.25) is 4.34 Å². The van der Waals surface area contributed by atoms with Gasteiger partial charge < -0.3 is 10.5 Å². The van der Waals surface area contributed by atoms with Gasteiger partial charge >= 0.3 is 0 Å². The molecule has 1 aromatic heterocycles. The zero-order valence-corrected chi connectivity index (χ0v) is 11.9. The molecule has 1 fully saturated rings. The summed E-state index contributed by atoms with van der Waals surface area (Å²) in [5.74, 6) is 0. The maximum atomic E-state index is 5.94. The second-order valence-corrected chi connectivity index (χ2v) is 6.56. The molecule has 0 amide bonds. The van der Waals surface area contributed by atoms with Crippen LogP contribution in [0.4, 0.5) is 0 Å². The summed E-state index contributed by atoms with van der Waals surface area (Å²) >= 11 is 7.58. The molecular weight excluding hydrogens is 256 g/mol. The molecule has 0 atom stereocenters. The molecule has 3 nitrogen and oxygen atoms in total. The fourth-order valence-corrected chi connectivity index (χ4v) is 3.57. The van der Waals surface area contributed by atoms with Crippen molar-refractivity contribution in [3.05, 3.63) is 21.3 Å². The number of halogens is 1. The number of thiophene rings is 1. The van der Waals surface area contributed by atoms with E-state index < -0.39 is 0 Å². The Kier molecular flexibility index (Phi) is 4.10. The Morgan fingerprint density at radius 2 is 2.29 bits per heavy atom. The van der Waals surface area contributed by atoms with Gasteiger partial charge in [-0.05, 0) is 32.0 Å². The summed E-state index contributed by atoms with van der Waals surface area (Å²) in [7, 11) is 3.90. The molecule has 5 heteroatoms. The number of likely N-dealkylation sites (N-methyl/N-ethyl adjacent to an activating group) is 1. The Bertz CT molecular complexity index is 376. The van der Waals surface area contributed by atoms with Crippen molar-refractivity contribution in [1.82, 2.24) is 4.90 Å². The first kappa shape index (κ1) is 13.3. The lowest BCUT2D eigenvalue weighted by Crippen LogP contribution is -2.62. The van der Waals surface area contributed by atoms with Crippen molar-refractivity contribution < 1.29 is 4.74 Å². The number of nitrogens with zero attached hydrogens (tertiary/aromatic N) is 1. The van der Waals surface area contributed by atoms with Gasteiger partial charge in [0.2, 0.25) is 0 Å². The molecule has 0 aromatic carbocycles. The van der Waals surface area contributed by atoms with Gasteiger partial charge in [-0.25, -0.2) is 0 Å². The summed E-state index contributed by atoms with van der Waals surface area (Å²) in [6.45, 7) is 1.59. The van der Waals surface area contributed by atoms with E-state index in [0.717, 1.165) is 23.7 Å². The second-order valence-electron chi connectivity index (χ2n) is 4.76. The fourth-order valence-electron chi connectivity index (χ4n) is 2.43. The van der Waals surface area contributed by atoms with Crippen molar-refractivity contribution >= 4 is 22.9 Å². The van der Waals surface area contributed by atoms with Gasteiger partial charge in [0.25, 0.3) is 0 Å².